The fourth-order valence-electron chi connectivity index (χ4n) is 0.723. The Morgan fingerprint density at radius 1 is 1.54 bits per heavy atom. The number of nitro groups is 1. The van der Waals surface area contributed by atoms with Crippen molar-refractivity contribution in [1.29, 1.82) is 0 Å². The number of thiophene rings is 1. The molecule has 0 radical (unpaired) electrons. The van der Waals surface area contributed by atoms with E-state index in [0.717, 1.165) is 12.1 Å². The van der Waals surface area contributed by atoms with Crippen molar-refractivity contribution < 1.29 is 18.8 Å². The number of aliphatic hydroxyl groups excluding tert-OH is 1. The van der Waals surface area contributed by atoms with E-state index in [2.05, 4.69) is 0 Å². The molecule has 0 bridgehead atoms. The topological polar surface area (TPSA) is 63.4 Å². The van der Waals surface area contributed by atoms with Gasteiger partial charge in [-0.15, -0.1) is 0 Å². The average Bonchev–Trinajstić information content (AvgIpc) is 2.50. The molecule has 1 N–H and O–H groups in total. The molecule has 1 aromatic rings. The minimum Gasteiger partial charge on any atom is -0.382 e. The summed E-state index contributed by atoms with van der Waals surface area (Å²) in [4.78, 5) is 9.37. The molecule has 0 aliphatic carbocycles. The maximum absolute atomic E-state index is 11.9. The van der Waals surface area contributed by atoms with Gasteiger partial charge in [0.1, 0.15) is 6.10 Å². The summed E-state index contributed by atoms with van der Waals surface area (Å²) in [5.74, 6) is 0. The minimum atomic E-state index is -2.92. The quantitative estimate of drug-likeness (QED) is 0.611. The highest BCUT2D eigenvalue weighted by Gasteiger charge is 2.23. The predicted octanol–water partition coefficient (Wildman–Crippen LogP) is 1.95. The Bertz CT molecular complexity index is 315. The first-order chi connectivity index (χ1) is 6.02. The molecule has 0 aliphatic rings. The van der Waals surface area contributed by atoms with E-state index < -0.39 is 17.5 Å². The van der Waals surface area contributed by atoms with Crippen LogP contribution in [0.2, 0.25) is 0 Å². The van der Waals surface area contributed by atoms with Crippen molar-refractivity contribution in [2.75, 3.05) is 0 Å². The van der Waals surface area contributed by atoms with Crippen molar-refractivity contribution in [1.82, 2.24) is 0 Å². The molecule has 1 aromatic heterocycles. The van der Waals surface area contributed by atoms with Gasteiger partial charge in [-0.2, -0.15) is 0 Å². The first kappa shape index (κ1) is 10.0. The van der Waals surface area contributed by atoms with Crippen LogP contribution in [0.5, 0.6) is 0 Å². The van der Waals surface area contributed by atoms with Crippen molar-refractivity contribution in [3.63, 3.8) is 0 Å². The molecule has 0 spiro atoms. The summed E-state index contributed by atoms with van der Waals surface area (Å²) in [6.45, 7) is 0. The van der Waals surface area contributed by atoms with Gasteiger partial charge < -0.3 is 5.11 Å². The van der Waals surface area contributed by atoms with Gasteiger partial charge in [0.05, 0.1) is 4.92 Å². The van der Waals surface area contributed by atoms with Gasteiger partial charge in [0, 0.05) is 10.9 Å². The van der Waals surface area contributed by atoms with Crippen LogP contribution in [-0.2, 0) is 0 Å². The van der Waals surface area contributed by atoms with E-state index in [1.165, 1.54) is 0 Å². The zero-order chi connectivity index (χ0) is 10.0. The molecule has 1 rings (SSSR count). The Hall–Kier alpha value is -1.08. The lowest BCUT2D eigenvalue weighted by Crippen LogP contribution is -2.05. The van der Waals surface area contributed by atoms with E-state index >= 15 is 0 Å². The van der Waals surface area contributed by atoms with Crippen LogP contribution >= 0.6 is 11.3 Å². The fourth-order valence-corrected chi connectivity index (χ4v) is 1.54. The van der Waals surface area contributed by atoms with E-state index in [1.807, 2.05) is 0 Å². The largest absolute Gasteiger partial charge is 0.382 e. The molecule has 1 unspecified atom stereocenters. The van der Waals surface area contributed by atoms with Gasteiger partial charge in [0.2, 0.25) is 0 Å². The SMILES string of the molecule is O=[N+]([O-])c1ccc(C(O)C(F)F)s1. The van der Waals surface area contributed by atoms with Gasteiger partial charge in [0.25, 0.3) is 6.43 Å². The predicted molar refractivity (Wildman–Crippen MR) is 41.9 cm³/mol. The fraction of sp³-hybridized carbons (Fsp3) is 0.333. The number of nitrogens with zero attached hydrogens (tertiary/aromatic N) is 1. The van der Waals surface area contributed by atoms with Crippen molar-refractivity contribution in [3.8, 4) is 0 Å². The number of aliphatic hydroxyl groups is 1. The molecule has 0 saturated carbocycles. The van der Waals surface area contributed by atoms with Crippen molar-refractivity contribution in [3.05, 3.63) is 27.1 Å². The van der Waals surface area contributed by atoms with Crippen LogP contribution in [0, 0.1) is 10.1 Å². The molecule has 7 heteroatoms. The first-order valence-electron chi connectivity index (χ1n) is 3.22. The maximum atomic E-state index is 11.9. The van der Waals surface area contributed by atoms with Crippen molar-refractivity contribution in [2.24, 2.45) is 0 Å². The maximum Gasteiger partial charge on any atom is 0.324 e. The lowest BCUT2D eigenvalue weighted by Gasteiger charge is -2.04. The molecule has 0 amide bonds. The molecule has 0 aliphatic heterocycles. The van der Waals surface area contributed by atoms with Crippen LogP contribution in [0.3, 0.4) is 0 Å². The minimum absolute atomic E-state index is 0.0956. The van der Waals surface area contributed by atoms with Crippen LogP contribution in [0.1, 0.15) is 11.0 Å². The standard InChI is InChI=1S/C6H5F2NO3S/c7-6(8)5(10)3-1-2-4(13-3)9(11)12/h1-2,5-6,10H. The second-order valence-corrected chi connectivity index (χ2v) is 3.31. The summed E-state index contributed by atoms with van der Waals surface area (Å²) in [5, 5.41) is 18.7. The number of halogens is 2. The van der Waals surface area contributed by atoms with Gasteiger partial charge in [0.15, 0.2) is 0 Å². The summed E-state index contributed by atoms with van der Waals surface area (Å²) in [7, 11) is 0. The summed E-state index contributed by atoms with van der Waals surface area (Å²) < 4.78 is 23.8. The molecule has 1 heterocycles. The van der Waals surface area contributed by atoms with Crippen LogP contribution in [-0.4, -0.2) is 16.5 Å². The Morgan fingerprint density at radius 2 is 2.15 bits per heavy atom. The molecule has 0 saturated heterocycles. The number of rotatable bonds is 3. The second kappa shape index (κ2) is 3.75. The Labute approximate surface area is 75.6 Å². The Balaban J connectivity index is 2.85. The van der Waals surface area contributed by atoms with E-state index in [9.17, 15) is 18.9 Å². The highest BCUT2D eigenvalue weighted by molar-refractivity contribution is 7.15. The monoisotopic (exact) mass is 209 g/mol. The van der Waals surface area contributed by atoms with Crippen LogP contribution in [0.25, 0.3) is 0 Å². The van der Waals surface area contributed by atoms with Crippen LogP contribution in [0.15, 0.2) is 12.1 Å². The van der Waals surface area contributed by atoms with Gasteiger partial charge in [-0.3, -0.25) is 10.1 Å². The lowest BCUT2D eigenvalue weighted by molar-refractivity contribution is -0.380. The second-order valence-electron chi connectivity index (χ2n) is 2.21. The lowest BCUT2D eigenvalue weighted by atomic mass is 10.3. The third-order valence-corrected chi connectivity index (χ3v) is 2.43. The van der Waals surface area contributed by atoms with E-state index in [-0.39, 0.29) is 9.88 Å². The van der Waals surface area contributed by atoms with E-state index in [1.54, 1.807) is 0 Å². The first-order valence-corrected chi connectivity index (χ1v) is 4.04. The van der Waals surface area contributed by atoms with Gasteiger partial charge in [-0.1, -0.05) is 11.3 Å². The molecule has 72 valence electrons. The van der Waals surface area contributed by atoms with Crippen LogP contribution < -0.4 is 0 Å². The summed E-state index contributed by atoms with van der Waals surface area (Å²) in [6.07, 6.45) is -4.85. The Kier molecular flexibility index (Phi) is 2.89. The number of alkyl halides is 2. The zero-order valence-corrected chi connectivity index (χ0v) is 7.00. The molecular weight excluding hydrogens is 204 g/mol. The molecule has 0 fully saturated rings. The van der Waals surface area contributed by atoms with Crippen molar-refractivity contribution >= 4 is 16.3 Å². The van der Waals surface area contributed by atoms with Gasteiger partial charge >= 0.3 is 5.00 Å². The molecule has 0 aromatic carbocycles. The van der Waals surface area contributed by atoms with Crippen molar-refractivity contribution in [2.45, 2.75) is 12.5 Å². The normalized spacial score (nSPS) is 13.2. The zero-order valence-electron chi connectivity index (χ0n) is 6.18. The van der Waals surface area contributed by atoms with Crippen LogP contribution in [0.4, 0.5) is 13.8 Å². The number of hydrogen-bond acceptors (Lipinski definition) is 4. The summed E-state index contributed by atoms with van der Waals surface area (Å²) in [5.41, 5.74) is 0. The average molecular weight is 209 g/mol. The molecule has 13 heavy (non-hydrogen) atoms. The Morgan fingerprint density at radius 3 is 2.54 bits per heavy atom. The molecule has 1 atom stereocenters. The third kappa shape index (κ3) is 2.19. The summed E-state index contributed by atoms with van der Waals surface area (Å²) >= 11 is 0.548. The molecular formula is C6H5F2NO3S. The summed E-state index contributed by atoms with van der Waals surface area (Å²) in [6, 6.07) is 2.21. The van der Waals surface area contributed by atoms with E-state index in [4.69, 9.17) is 5.11 Å². The van der Waals surface area contributed by atoms with E-state index in [0.29, 0.717) is 11.3 Å². The third-order valence-electron chi connectivity index (χ3n) is 1.32. The highest BCUT2D eigenvalue weighted by atomic mass is 32.1. The van der Waals surface area contributed by atoms with Gasteiger partial charge in [-0.05, 0) is 6.07 Å². The highest BCUT2D eigenvalue weighted by Crippen LogP contribution is 2.31. The molecule has 4 nitrogen and oxygen atoms in total. The number of hydrogen-bond donors (Lipinski definition) is 1. The smallest absolute Gasteiger partial charge is 0.324 e. The van der Waals surface area contributed by atoms with Gasteiger partial charge in [-0.25, -0.2) is 8.78 Å².